The third-order valence-electron chi connectivity index (χ3n) is 2.74. The van der Waals surface area contributed by atoms with Crippen LogP contribution >= 0.6 is 0 Å². The van der Waals surface area contributed by atoms with Crippen LogP contribution in [0.3, 0.4) is 0 Å². The van der Waals surface area contributed by atoms with Crippen LogP contribution in [0.25, 0.3) is 0 Å². The van der Waals surface area contributed by atoms with E-state index >= 15 is 0 Å². The van der Waals surface area contributed by atoms with Crippen molar-refractivity contribution in [1.29, 1.82) is 0 Å². The Hall–Kier alpha value is -1.77. The molecule has 0 aliphatic rings. The summed E-state index contributed by atoms with van der Waals surface area (Å²) < 4.78 is 10.2. The lowest BCUT2D eigenvalue weighted by Gasteiger charge is -2.06. The van der Waals surface area contributed by atoms with Crippen LogP contribution < -0.4 is 4.74 Å². The quantitative estimate of drug-likeness (QED) is 0.573. The Balaban J connectivity index is 2.53. The van der Waals surface area contributed by atoms with Crippen molar-refractivity contribution in [2.45, 2.75) is 26.7 Å². The van der Waals surface area contributed by atoms with E-state index in [-0.39, 0.29) is 5.97 Å². The number of aryl methyl sites for hydroxylation is 1. The van der Waals surface area contributed by atoms with Gasteiger partial charge in [-0.2, -0.15) is 0 Å². The molecule has 0 amide bonds. The molecule has 0 unspecified atom stereocenters. The monoisotopic (exact) mass is 248 g/mol. The molecule has 3 nitrogen and oxygen atoms in total. The van der Waals surface area contributed by atoms with Gasteiger partial charge in [-0.15, -0.1) is 0 Å². The third kappa shape index (κ3) is 4.24. The van der Waals surface area contributed by atoms with E-state index in [1.165, 1.54) is 12.7 Å². The molecule has 1 aromatic rings. The van der Waals surface area contributed by atoms with Crippen LogP contribution in [0, 0.1) is 0 Å². The summed E-state index contributed by atoms with van der Waals surface area (Å²) in [4.78, 5) is 11.3. The van der Waals surface area contributed by atoms with E-state index < -0.39 is 0 Å². The van der Waals surface area contributed by atoms with E-state index in [4.69, 9.17) is 4.74 Å². The van der Waals surface area contributed by atoms with Crippen LogP contribution in [-0.4, -0.2) is 19.7 Å². The van der Waals surface area contributed by atoms with Crippen molar-refractivity contribution in [3.05, 3.63) is 41.5 Å². The molecule has 0 fully saturated rings. The second kappa shape index (κ2) is 7.54. The number of hydrogen-bond acceptors (Lipinski definition) is 3. The highest BCUT2D eigenvalue weighted by molar-refractivity contribution is 5.88. The Morgan fingerprint density at radius 3 is 2.39 bits per heavy atom. The van der Waals surface area contributed by atoms with Crippen LogP contribution in [0.5, 0.6) is 5.75 Å². The molecule has 0 saturated heterocycles. The Bertz CT molecular complexity index is 404. The van der Waals surface area contributed by atoms with Crippen molar-refractivity contribution in [3.63, 3.8) is 0 Å². The molecule has 0 N–H and O–H groups in total. The molecule has 98 valence electrons. The molecule has 0 radical (unpaired) electrons. The van der Waals surface area contributed by atoms with Crippen molar-refractivity contribution in [3.8, 4) is 5.75 Å². The standard InChI is InChI=1S/C15H20O3/c1-4-12-6-8-14(9-7-12)18-11-10-13(5-2)15(16)17-3/h6-10H,4-5,11H2,1-3H3. The van der Waals surface area contributed by atoms with E-state index in [1.807, 2.05) is 31.2 Å². The van der Waals surface area contributed by atoms with E-state index in [0.717, 1.165) is 12.2 Å². The predicted molar refractivity (Wildman–Crippen MR) is 71.7 cm³/mol. The maximum Gasteiger partial charge on any atom is 0.333 e. The first-order valence-electron chi connectivity index (χ1n) is 6.20. The van der Waals surface area contributed by atoms with Gasteiger partial charge in [-0.3, -0.25) is 0 Å². The number of carbonyl (C=O) groups is 1. The number of hydrogen-bond donors (Lipinski definition) is 0. The second-order valence-electron chi connectivity index (χ2n) is 3.88. The summed E-state index contributed by atoms with van der Waals surface area (Å²) in [5, 5.41) is 0. The first kappa shape index (κ1) is 14.3. The minimum Gasteiger partial charge on any atom is -0.490 e. The average molecular weight is 248 g/mol. The predicted octanol–water partition coefficient (Wildman–Crippen LogP) is 3.14. The molecule has 1 aromatic carbocycles. The Kier molecular flexibility index (Phi) is 5.98. The highest BCUT2D eigenvalue weighted by atomic mass is 16.5. The van der Waals surface area contributed by atoms with Crippen molar-refractivity contribution in [2.24, 2.45) is 0 Å². The summed E-state index contributed by atoms with van der Waals surface area (Å²) in [5.41, 5.74) is 1.92. The normalized spacial score (nSPS) is 11.2. The molecule has 0 aliphatic heterocycles. The van der Waals surface area contributed by atoms with Crippen molar-refractivity contribution in [1.82, 2.24) is 0 Å². The van der Waals surface area contributed by atoms with Gasteiger partial charge in [-0.05, 0) is 36.6 Å². The maximum absolute atomic E-state index is 11.3. The summed E-state index contributed by atoms with van der Waals surface area (Å²) in [5.74, 6) is 0.520. The van der Waals surface area contributed by atoms with Gasteiger partial charge in [0.2, 0.25) is 0 Å². The van der Waals surface area contributed by atoms with E-state index in [2.05, 4.69) is 11.7 Å². The van der Waals surface area contributed by atoms with Gasteiger partial charge in [0.15, 0.2) is 0 Å². The smallest absolute Gasteiger partial charge is 0.333 e. The minimum atomic E-state index is -0.289. The molecule has 0 heterocycles. The zero-order valence-corrected chi connectivity index (χ0v) is 11.2. The molecule has 0 aromatic heterocycles. The van der Waals surface area contributed by atoms with Crippen molar-refractivity contribution in [2.75, 3.05) is 13.7 Å². The summed E-state index contributed by atoms with van der Waals surface area (Å²) in [6, 6.07) is 7.97. The topological polar surface area (TPSA) is 35.5 Å². The number of rotatable bonds is 6. The van der Waals surface area contributed by atoms with E-state index in [9.17, 15) is 4.79 Å². The van der Waals surface area contributed by atoms with Gasteiger partial charge in [-0.1, -0.05) is 26.0 Å². The zero-order chi connectivity index (χ0) is 13.4. The first-order chi connectivity index (χ1) is 8.71. The van der Waals surface area contributed by atoms with Gasteiger partial charge < -0.3 is 9.47 Å². The summed E-state index contributed by atoms with van der Waals surface area (Å²) >= 11 is 0. The fraction of sp³-hybridized carbons (Fsp3) is 0.400. The van der Waals surface area contributed by atoms with Crippen molar-refractivity contribution < 1.29 is 14.3 Å². The number of ether oxygens (including phenoxy) is 2. The summed E-state index contributed by atoms with van der Waals surface area (Å²) in [6.45, 7) is 4.41. The largest absolute Gasteiger partial charge is 0.490 e. The molecule has 0 aliphatic carbocycles. The van der Waals surface area contributed by atoms with Crippen LogP contribution in [-0.2, 0) is 16.0 Å². The second-order valence-corrected chi connectivity index (χ2v) is 3.88. The van der Waals surface area contributed by atoms with Gasteiger partial charge in [0.1, 0.15) is 12.4 Å². The fourth-order valence-corrected chi connectivity index (χ4v) is 1.56. The van der Waals surface area contributed by atoms with Gasteiger partial charge in [0.25, 0.3) is 0 Å². The number of benzene rings is 1. The lowest BCUT2D eigenvalue weighted by molar-refractivity contribution is -0.136. The van der Waals surface area contributed by atoms with Crippen LogP contribution in [0.1, 0.15) is 25.8 Å². The lowest BCUT2D eigenvalue weighted by atomic mass is 10.2. The van der Waals surface area contributed by atoms with Gasteiger partial charge in [0.05, 0.1) is 7.11 Å². The van der Waals surface area contributed by atoms with E-state index in [1.54, 1.807) is 6.08 Å². The third-order valence-corrected chi connectivity index (χ3v) is 2.74. The van der Waals surface area contributed by atoms with Gasteiger partial charge in [0, 0.05) is 5.57 Å². The summed E-state index contributed by atoms with van der Waals surface area (Å²) in [6.07, 6.45) is 3.42. The Morgan fingerprint density at radius 2 is 1.89 bits per heavy atom. The highest BCUT2D eigenvalue weighted by Gasteiger charge is 2.05. The van der Waals surface area contributed by atoms with E-state index in [0.29, 0.717) is 18.6 Å². The Morgan fingerprint density at radius 1 is 1.22 bits per heavy atom. The zero-order valence-electron chi connectivity index (χ0n) is 11.2. The van der Waals surface area contributed by atoms with Crippen LogP contribution in [0.15, 0.2) is 35.9 Å². The number of esters is 1. The van der Waals surface area contributed by atoms with Crippen LogP contribution in [0.4, 0.5) is 0 Å². The lowest BCUT2D eigenvalue weighted by Crippen LogP contribution is -2.06. The molecule has 0 saturated carbocycles. The Labute approximate surface area is 108 Å². The number of methoxy groups -OCH3 is 1. The average Bonchev–Trinajstić information content (AvgIpc) is 2.43. The minimum absolute atomic E-state index is 0.289. The molecular formula is C15H20O3. The first-order valence-corrected chi connectivity index (χ1v) is 6.20. The maximum atomic E-state index is 11.3. The molecule has 0 bridgehead atoms. The molecule has 0 spiro atoms. The molecule has 0 atom stereocenters. The molecule has 3 heteroatoms. The van der Waals surface area contributed by atoms with Gasteiger partial charge >= 0.3 is 5.97 Å². The van der Waals surface area contributed by atoms with Crippen molar-refractivity contribution >= 4 is 5.97 Å². The highest BCUT2D eigenvalue weighted by Crippen LogP contribution is 2.13. The number of carbonyl (C=O) groups excluding carboxylic acids is 1. The molecular weight excluding hydrogens is 228 g/mol. The van der Waals surface area contributed by atoms with Gasteiger partial charge in [-0.25, -0.2) is 4.79 Å². The van der Waals surface area contributed by atoms with Crippen LogP contribution in [0.2, 0.25) is 0 Å². The SMILES string of the molecule is CCC(=CCOc1ccc(CC)cc1)C(=O)OC. The molecule has 1 rings (SSSR count). The fourth-order valence-electron chi connectivity index (χ4n) is 1.56. The molecule has 18 heavy (non-hydrogen) atoms. The summed E-state index contributed by atoms with van der Waals surface area (Å²) in [7, 11) is 1.39.